The highest BCUT2D eigenvalue weighted by Gasteiger charge is 2.67. The molecule has 1 nitrogen and oxygen atoms in total. The molecule has 0 spiro atoms. The second-order valence-electron chi connectivity index (χ2n) is 10.6. The fraction of sp³-hybridized carbons (Fsp3) is 1.00. The monoisotopic (exact) mass is 290 g/mol. The molecule has 4 fully saturated rings. The van der Waals surface area contributed by atoms with Crippen LogP contribution in [0.15, 0.2) is 0 Å². The van der Waals surface area contributed by atoms with Gasteiger partial charge in [-0.1, -0.05) is 27.7 Å². The van der Waals surface area contributed by atoms with E-state index >= 15 is 0 Å². The molecule has 7 atom stereocenters. The van der Waals surface area contributed by atoms with Crippen LogP contribution in [-0.4, -0.2) is 10.7 Å². The third-order valence-electron chi connectivity index (χ3n) is 8.91. The summed E-state index contributed by atoms with van der Waals surface area (Å²) in [5, 5.41) is 11.0. The molecule has 1 heteroatoms. The van der Waals surface area contributed by atoms with Crippen LogP contribution in [0.4, 0.5) is 0 Å². The number of fused-ring (bicyclic) bond motifs is 5. The number of hydrogen-bond acceptors (Lipinski definition) is 1. The van der Waals surface area contributed by atoms with Crippen molar-refractivity contribution in [1.82, 2.24) is 0 Å². The summed E-state index contributed by atoms with van der Waals surface area (Å²) in [6.07, 6.45) is 9.22. The Kier molecular flexibility index (Phi) is 2.69. The van der Waals surface area contributed by atoms with Crippen LogP contribution in [0.2, 0.25) is 0 Å². The van der Waals surface area contributed by atoms with Gasteiger partial charge in [0.1, 0.15) is 0 Å². The molecule has 0 amide bonds. The van der Waals surface area contributed by atoms with E-state index in [1.165, 1.54) is 38.5 Å². The summed E-state index contributed by atoms with van der Waals surface area (Å²) in [5.41, 5.74) is 1.12. The quantitative estimate of drug-likeness (QED) is 0.663. The topological polar surface area (TPSA) is 20.2 Å². The van der Waals surface area contributed by atoms with E-state index in [9.17, 15) is 5.11 Å². The van der Waals surface area contributed by atoms with Crippen molar-refractivity contribution in [1.29, 1.82) is 0 Å². The highest BCUT2D eigenvalue weighted by molar-refractivity contribution is 5.16. The van der Waals surface area contributed by atoms with Gasteiger partial charge in [0, 0.05) is 0 Å². The first-order chi connectivity index (χ1) is 9.60. The van der Waals surface area contributed by atoms with E-state index in [-0.39, 0.29) is 0 Å². The normalized spacial score (nSPS) is 61.4. The second-order valence-corrected chi connectivity index (χ2v) is 10.6. The summed E-state index contributed by atoms with van der Waals surface area (Å²) < 4.78 is 0. The summed E-state index contributed by atoms with van der Waals surface area (Å²) in [5.74, 6) is 3.20. The van der Waals surface area contributed by atoms with Crippen molar-refractivity contribution >= 4 is 0 Å². The average Bonchev–Trinajstić information content (AvgIpc) is 2.75. The maximum atomic E-state index is 11.0. The van der Waals surface area contributed by atoms with Gasteiger partial charge in [-0.3, -0.25) is 0 Å². The Morgan fingerprint density at radius 1 is 0.857 bits per heavy atom. The highest BCUT2D eigenvalue weighted by atomic mass is 16.3. The first-order valence-corrected chi connectivity index (χ1v) is 9.33. The molecule has 0 radical (unpaired) electrons. The van der Waals surface area contributed by atoms with Crippen molar-refractivity contribution in [3.8, 4) is 0 Å². The molecule has 0 aromatic rings. The standard InChI is InChI=1S/C20H34O/c1-17(2)10-11-18(3)12-14-13(16(17)18)6-9-20(5,21)15-7-8-19(14,15)4/h13-16,21H,6-12H2,1-5H3/t13-,14-,15-,16-,18-,19+,20-/m1/s1. The molecule has 4 aliphatic rings. The minimum atomic E-state index is -0.406. The lowest BCUT2D eigenvalue weighted by atomic mass is 9.50. The van der Waals surface area contributed by atoms with E-state index in [0.717, 1.165) is 24.2 Å². The van der Waals surface area contributed by atoms with Crippen LogP contribution in [0.3, 0.4) is 0 Å². The molecule has 0 aromatic heterocycles. The zero-order valence-electron chi connectivity index (χ0n) is 14.7. The van der Waals surface area contributed by atoms with Gasteiger partial charge in [-0.05, 0) is 91.8 Å². The van der Waals surface area contributed by atoms with Gasteiger partial charge >= 0.3 is 0 Å². The van der Waals surface area contributed by atoms with Gasteiger partial charge in [-0.2, -0.15) is 0 Å². The van der Waals surface area contributed by atoms with Gasteiger partial charge in [0.15, 0.2) is 0 Å². The molecule has 1 N–H and O–H groups in total. The Morgan fingerprint density at radius 2 is 1.57 bits per heavy atom. The molecule has 0 aliphatic heterocycles. The first kappa shape index (κ1) is 14.5. The number of aliphatic hydroxyl groups is 1. The van der Waals surface area contributed by atoms with Gasteiger partial charge in [0.05, 0.1) is 5.60 Å². The van der Waals surface area contributed by atoms with Crippen molar-refractivity contribution in [3.63, 3.8) is 0 Å². The predicted octanol–water partition coefficient (Wildman–Crippen LogP) is 5.03. The van der Waals surface area contributed by atoms with Crippen LogP contribution >= 0.6 is 0 Å². The summed E-state index contributed by atoms with van der Waals surface area (Å²) in [6, 6.07) is 0. The lowest BCUT2D eigenvalue weighted by Crippen LogP contribution is -2.53. The van der Waals surface area contributed by atoms with Crippen molar-refractivity contribution < 1.29 is 5.11 Å². The lowest BCUT2D eigenvalue weighted by Gasteiger charge is -2.56. The fourth-order valence-corrected chi connectivity index (χ4v) is 8.01. The molecule has 4 saturated carbocycles. The number of hydrogen-bond donors (Lipinski definition) is 1. The minimum Gasteiger partial charge on any atom is -0.390 e. The van der Waals surface area contributed by atoms with Crippen LogP contribution in [0.1, 0.15) is 79.6 Å². The molecule has 0 aromatic carbocycles. The maximum Gasteiger partial charge on any atom is 0.0653 e. The van der Waals surface area contributed by atoms with E-state index in [1.807, 2.05) is 0 Å². The van der Waals surface area contributed by atoms with Crippen LogP contribution in [0, 0.1) is 39.9 Å². The molecule has 0 bridgehead atoms. The summed E-state index contributed by atoms with van der Waals surface area (Å²) in [4.78, 5) is 0. The van der Waals surface area contributed by atoms with E-state index in [4.69, 9.17) is 0 Å². The van der Waals surface area contributed by atoms with E-state index < -0.39 is 5.60 Å². The smallest absolute Gasteiger partial charge is 0.0653 e. The fourth-order valence-electron chi connectivity index (χ4n) is 8.01. The molecular formula is C20H34O. The zero-order chi connectivity index (χ0) is 15.3. The van der Waals surface area contributed by atoms with Gasteiger partial charge in [-0.15, -0.1) is 0 Å². The molecule has 0 unspecified atom stereocenters. The Hall–Kier alpha value is -0.0400. The summed E-state index contributed by atoms with van der Waals surface area (Å²) in [7, 11) is 0. The van der Waals surface area contributed by atoms with Crippen LogP contribution in [0.5, 0.6) is 0 Å². The Balaban J connectivity index is 1.75. The average molecular weight is 290 g/mol. The van der Waals surface area contributed by atoms with E-state index in [0.29, 0.717) is 22.2 Å². The van der Waals surface area contributed by atoms with Crippen molar-refractivity contribution in [2.24, 2.45) is 39.9 Å². The Morgan fingerprint density at radius 3 is 2.19 bits per heavy atom. The van der Waals surface area contributed by atoms with Crippen molar-refractivity contribution in [2.45, 2.75) is 85.2 Å². The third kappa shape index (κ3) is 1.68. The molecule has 0 saturated heterocycles. The molecule has 21 heavy (non-hydrogen) atoms. The zero-order valence-corrected chi connectivity index (χ0v) is 14.7. The largest absolute Gasteiger partial charge is 0.390 e. The molecule has 4 aliphatic carbocycles. The van der Waals surface area contributed by atoms with Crippen molar-refractivity contribution in [2.75, 3.05) is 0 Å². The Labute approximate surface area is 130 Å². The van der Waals surface area contributed by atoms with Gasteiger partial charge in [0.2, 0.25) is 0 Å². The molecular weight excluding hydrogens is 256 g/mol. The predicted molar refractivity (Wildman–Crippen MR) is 86.9 cm³/mol. The third-order valence-corrected chi connectivity index (χ3v) is 8.91. The molecule has 4 rings (SSSR count). The Bertz CT molecular complexity index is 464. The maximum absolute atomic E-state index is 11.0. The van der Waals surface area contributed by atoms with Gasteiger partial charge in [-0.25, -0.2) is 0 Å². The molecule has 120 valence electrons. The molecule has 0 heterocycles. The van der Waals surface area contributed by atoms with Gasteiger partial charge in [0.25, 0.3) is 0 Å². The first-order valence-electron chi connectivity index (χ1n) is 9.33. The summed E-state index contributed by atoms with van der Waals surface area (Å²) in [6.45, 7) is 12.3. The van der Waals surface area contributed by atoms with Crippen molar-refractivity contribution in [3.05, 3.63) is 0 Å². The van der Waals surface area contributed by atoms with E-state index in [2.05, 4.69) is 34.6 Å². The van der Waals surface area contributed by atoms with Crippen LogP contribution in [-0.2, 0) is 0 Å². The van der Waals surface area contributed by atoms with Crippen LogP contribution in [0.25, 0.3) is 0 Å². The second kappa shape index (κ2) is 3.89. The highest BCUT2D eigenvalue weighted by Crippen LogP contribution is 2.74. The number of rotatable bonds is 0. The van der Waals surface area contributed by atoms with Gasteiger partial charge < -0.3 is 5.11 Å². The lowest BCUT2D eigenvalue weighted by molar-refractivity contribution is -0.135. The summed E-state index contributed by atoms with van der Waals surface area (Å²) >= 11 is 0. The van der Waals surface area contributed by atoms with Crippen LogP contribution < -0.4 is 0 Å². The van der Waals surface area contributed by atoms with E-state index in [1.54, 1.807) is 0 Å². The SMILES string of the molecule is CC1(C)CC[C@]2(C)C[C@@H]3[C@@H](CC[C@@](C)(O)[C@@H]4CC[C@@]34C)[C@H]12. The minimum absolute atomic E-state index is 0.406.